The smallest absolute Gasteiger partial charge is 0.242 e. The molecule has 0 saturated carbocycles. The largest absolute Gasteiger partial charge is 0.488 e. The van der Waals surface area contributed by atoms with Gasteiger partial charge in [-0.3, -0.25) is 9.78 Å². The fourth-order valence-corrected chi connectivity index (χ4v) is 4.87. The third kappa shape index (κ3) is 6.90. The molecule has 0 fully saturated rings. The van der Waals surface area contributed by atoms with Crippen molar-refractivity contribution in [2.75, 3.05) is 14.1 Å². The highest BCUT2D eigenvalue weighted by Crippen LogP contribution is 2.32. The maximum Gasteiger partial charge on any atom is 0.242 e. The van der Waals surface area contributed by atoms with Gasteiger partial charge in [0.25, 0.3) is 0 Å². The average molecular weight is 515 g/mol. The van der Waals surface area contributed by atoms with Crippen LogP contribution in [0.3, 0.4) is 0 Å². The number of hydrogen-bond acceptors (Lipinski definition) is 5. The van der Waals surface area contributed by atoms with E-state index in [-0.39, 0.29) is 10.7 Å². The van der Waals surface area contributed by atoms with E-state index < -0.39 is 10.0 Å². The molecule has 0 amide bonds. The lowest BCUT2D eigenvalue weighted by atomic mass is 10.0. The van der Waals surface area contributed by atoms with Crippen LogP contribution in [0.5, 0.6) is 5.75 Å². The van der Waals surface area contributed by atoms with Crippen LogP contribution in [0.2, 0.25) is 0 Å². The van der Waals surface area contributed by atoms with Crippen LogP contribution in [-0.2, 0) is 34.3 Å². The molecule has 1 aromatic heterocycles. The van der Waals surface area contributed by atoms with Crippen molar-refractivity contribution in [1.82, 2.24) is 9.29 Å². The number of benzene rings is 3. The molecule has 0 spiro atoms. The molecule has 7 heteroatoms. The number of ketones is 1. The Kier molecular flexibility index (Phi) is 8.48. The summed E-state index contributed by atoms with van der Waals surface area (Å²) in [4.78, 5) is 16.7. The van der Waals surface area contributed by atoms with Crippen molar-refractivity contribution in [3.63, 3.8) is 0 Å². The molecule has 0 bridgehead atoms. The maximum absolute atomic E-state index is 12.6. The van der Waals surface area contributed by atoms with Gasteiger partial charge in [0.15, 0.2) is 0 Å². The molecule has 190 valence electrons. The third-order valence-corrected chi connectivity index (χ3v) is 7.86. The van der Waals surface area contributed by atoms with Gasteiger partial charge in [-0.2, -0.15) is 0 Å². The van der Waals surface area contributed by atoms with Crippen LogP contribution in [-0.4, -0.2) is 37.6 Å². The Bertz CT molecular complexity index is 1450. The molecule has 37 heavy (non-hydrogen) atoms. The number of ether oxygens (including phenoxy) is 1. The Morgan fingerprint density at radius 3 is 2.35 bits per heavy atom. The van der Waals surface area contributed by atoms with Crippen molar-refractivity contribution in [1.29, 1.82) is 0 Å². The van der Waals surface area contributed by atoms with Gasteiger partial charge < -0.3 is 4.74 Å². The Labute approximate surface area is 218 Å². The van der Waals surface area contributed by atoms with E-state index >= 15 is 0 Å². The minimum Gasteiger partial charge on any atom is -0.488 e. The Morgan fingerprint density at radius 1 is 0.865 bits per heavy atom. The van der Waals surface area contributed by atoms with Crippen LogP contribution < -0.4 is 4.74 Å². The number of nitrogens with zero attached hydrogens (tertiary/aromatic N) is 2. The second-order valence-corrected chi connectivity index (χ2v) is 11.1. The number of hydrogen-bond donors (Lipinski definition) is 0. The van der Waals surface area contributed by atoms with Crippen LogP contribution in [0.1, 0.15) is 23.1 Å². The summed E-state index contributed by atoms with van der Waals surface area (Å²) in [5.74, 6) is 0.858. The summed E-state index contributed by atoms with van der Waals surface area (Å²) in [6.07, 6.45) is 5.11. The predicted octanol–water partition coefficient (Wildman–Crippen LogP) is 5.32. The van der Waals surface area contributed by atoms with Gasteiger partial charge >= 0.3 is 0 Å². The van der Waals surface area contributed by atoms with E-state index in [0.29, 0.717) is 31.6 Å². The highest BCUT2D eigenvalue weighted by Gasteiger charge is 2.18. The molecular formula is C30H30N2O4S. The molecular weight excluding hydrogens is 484 g/mol. The fourth-order valence-electron chi connectivity index (χ4n) is 3.93. The van der Waals surface area contributed by atoms with Crippen LogP contribution in [0.15, 0.2) is 102 Å². The number of carbonyl (C=O) groups excluding carboxylic acids is 1. The summed E-state index contributed by atoms with van der Waals surface area (Å²) in [5.41, 5.74) is 4.59. The number of carbonyl (C=O) groups is 1. The first-order valence-electron chi connectivity index (χ1n) is 12.1. The van der Waals surface area contributed by atoms with Crippen molar-refractivity contribution in [2.45, 2.75) is 30.8 Å². The van der Waals surface area contributed by atoms with Crippen molar-refractivity contribution in [3.05, 3.63) is 114 Å². The van der Waals surface area contributed by atoms with Crippen molar-refractivity contribution >= 4 is 15.8 Å². The molecule has 3 aromatic carbocycles. The van der Waals surface area contributed by atoms with E-state index in [9.17, 15) is 13.2 Å². The van der Waals surface area contributed by atoms with Crippen molar-refractivity contribution < 1.29 is 17.9 Å². The van der Waals surface area contributed by atoms with E-state index in [1.54, 1.807) is 30.6 Å². The standard InChI is InChI=1S/C30H30N2O4S/c1-32(2)37(34,35)28-9-5-8-26(20-28)29-10-3-4-11-30(29)36-22-25-14-12-23(13-15-25)19-27(33)17-16-24-7-6-18-31-21-24/h3-15,18,20-21H,16-17,19,22H2,1-2H3. The lowest BCUT2D eigenvalue weighted by Crippen LogP contribution is -2.22. The topological polar surface area (TPSA) is 76.6 Å². The highest BCUT2D eigenvalue weighted by atomic mass is 32.2. The fraction of sp³-hybridized carbons (Fsp3) is 0.200. The summed E-state index contributed by atoms with van der Waals surface area (Å²) in [6, 6.07) is 26.2. The molecule has 4 aromatic rings. The average Bonchev–Trinajstić information content (AvgIpc) is 2.92. The van der Waals surface area contributed by atoms with Gasteiger partial charge in [0.2, 0.25) is 10.0 Å². The molecule has 0 unspecified atom stereocenters. The summed E-state index contributed by atoms with van der Waals surface area (Å²) >= 11 is 0. The van der Waals surface area contributed by atoms with Crippen LogP contribution in [0, 0.1) is 0 Å². The first-order chi connectivity index (χ1) is 17.8. The first-order valence-corrected chi connectivity index (χ1v) is 13.5. The number of sulfonamides is 1. The minimum absolute atomic E-state index is 0.195. The number of aryl methyl sites for hydroxylation is 1. The molecule has 0 aliphatic heterocycles. The van der Waals surface area contributed by atoms with Gasteiger partial charge in [-0.1, -0.05) is 60.7 Å². The molecule has 0 atom stereocenters. The predicted molar refractivity (Wildman–Crippen MR) is 145 cm³/mol. The number of Topliss-reactive ketones (excluding diaryl/α,β-unsaturated/α-hetero) is 1. The van der Waals surface area contributed by atoms with Crippen molar-refractivity contribution in [2.24, 2.45) is 0 Å². The van der Waals surface area contributed by atoms with Crippen LogP contribution in [0.25, 0.3) is 11.1 Å². The van der Waals surface area contributed by atoms with Gasteiger partial charge in [-0.15, -0.1) is 0 Å². The molecule has 0 saturated heterocycles. The number of pyridine rings is 1. The molecule has 0 aliphatic carbocycles. The van der Waals surface area contributed by atoms with Gasteiger partial charge in [0.05, 0.1) is 4.90 Å². The molecule has 0 radical (unpaired) electrons. The summed E-state index contributed by atoms with van der Waals surface area (Å²) in [6.45, 7) is 0.349. The third-order valence-electron chi connectivity index (χ3n) is 6.04. The number of aromatic nitrogens is 1. The SMILES string of the molecule is CN(C)S(=O)(=O)c1cccc(-c2ccccc2OCc2ccc(CC(=O)CCc3cccnc3)cc2)c1. The van der Waals surface area contributed by atoms with E-state index in [0.717, 1.165) is 27.8 Å². The first kappa shape index (κ1) is 26.3. The van der Waals surface area contributed by atoms with Gasteiger partial charge in [-0.05, 0) is 52.9 Å². The number of rotatable bonds is 11. The zero-order chi connectivity index (χ0) is 26.3. The van der Waals surface area contributed by atoms with Crippen molar-refractivity contribution in [3.8, 4) is 16.9 Å². The lowest BCUT2D eigenvalue weighted by molar-refractivity contribution is -0.118. The molecule has 4 rings (SSSR count). The normalized spacial score (nSPS) is 11.4. The van der Waals surface area contributed by atoms with Crippen LogP contribution in [0.4, 0.5) is 0 Å². The zero-order valence-corrected chi connectivity index (χ0v) is 21.8. The number of para-hydroxylation sites is 1. The van der Waals surface area contributed by atoms with E-state index in [1.807, 2.05) is 66.7 Å². The molecule has 1 heterocycles. The highest BCUT2D eigenvalue weighted by molar-refractivity contribution is 7.89. The second kappa shape index (κ2) is 12.0. The van der Waals surface area contributed by atoms with Crippen LogP contribution >= 0.6 is 0 Å². The molecule has 6 nitrogen and oxygen atoms in total. The monoisotopic (exact) mass is 514 g/mol. The zero-order valence-electron chi connectivity index (χ0n) is 21.0. The second-order valence-electron chi connectivity index (χ2n) is 8.99. The quantitative estimate of drug-likeness (QED) is 0.271. The minimum atomic E-state index is -3.54. The maximum atomic E-state index is 12.6. The van der Waals surface area contributed by atoms with Gasteiger partial charge in [0, 0.05) is 44.9 Å². The van der Waals surface area contributed by atoms with E-state index in [4.69, 9.17) is 4.74 Å². The summed E-state index contributed by atoms with van der Waals surface area (Å²) < 4.78 is 32.5. The van der Waals surface area contributed by atoms with Gasteiger partial charge in [0.1, 0.15) is 18.1 Å². The Morgan fingerprint density at radius 2 is 1.62 bits per heavy atom. The molecule has 0 aliphatic rings. The molecule has 0 N–H and O–H groups in total. The van der Waals surface area contributed by atoms with E-state index in [1.165, 1.54) is 18.4 Å². The van der Waals surface area contributed by atoms with E-state index in [2.05, 4.69) is 4.98 Å². The summed E-state index contributed by atoms with van der Waals surface area (Å²) in [5, 5.41) is 0. The van der Waals surface area contributed by atoms with Gasteiger partial charge in [-0.25, -0.2) is 12.7 Å². The Balaban J connectivity index is 1.39. The Hall–Kier alpha value is -3.81. The lowest BCUT2D eigenvalue weighted by Gasteiger charge is -2.15. The summed E-state index contributed by atoms with van der Waals surface area (Å²) in [7, 11) is -0.508.